The maximum absolute atomic E-state index is 13.7. The van der Waals surface area contributed by atoms with Crippen LogP contribution in [0.2, 0.25) is 0 Å². The molecule has 0 atom stereocenters. The van der Waals surface area contributed by atoms with Crippen LogP contribution in [0.15, 0.2) is 103 Å². The van der Waals surface area contributed by atoms with Gasteiger partial charge < -0.3 is 19.7 Å². The molecule has 42 heavy (non-hydrogen) atoms. The Hall–Kier alpha value is -5.10. The molecule has 2 N–H and O–H groups in total. The number of fused-ring (bicyclic) bond motifs is 4. The van der Waals surface area contributed by atoms with Crippen LogP contribution < -0.4 is 0 Å². The third kappa shape index (κ3) is 5.56. The van der Waals surface area contributed by atoms with Gasteiger partial charge >= 0.3 is 12.1 Å². The summed E-state index contributed by atoms with van der Waals surface area (Å²) in [5.41, 5.74) is 9.83. The molecule has 1 aliphatic rings. The molecule has 1 heterocycles. The lowest BCUT2D eigenvalue weighted by atomic mass is 9.98. The van der Waals surface area contributed by atoms with Crippen LogP contribution in [0.3, 0.4) is 0 Å². The minimum absolute atomic E-state index is 0.0145. The second-order valence-corrected chi connectivity index (χ2v) is 10.7. The smallest absolute Gasteiger partial charge is 0.410 e. The van der Waals surface area contributed by atoms with Crippen molar-refractivity contribution in [3.63, 3.8) is 0 Å². The summed E-state index contributed by atoms with van der Waals surface area (Å²) < 4.78 is 6.05. The van der Waals surface area contributed by atoms with E-state index in [9.17, 15) is 9.59 Å². The number of hydrogen-bond acceptors (Lipinski definition) is 3. The molecular weight excluding hydrogens is 524 g/mol. The minimum atomic E-state index is -0.993. The number of aliphatic carboxylic acids is 1. The summed E-state index contributed by atoms with van der Waals surface area (Å²) in [6.07, 6.45) is 2.99. The number of para-hydroxylation sites is 1. The first-order chi connectivity index (χ1) is 20.5. The lowest BCUT2D eigenvalue weighted by molar-refractivity contribution is -0.131. The van der Waals surface area contributed by atoms with Crippen LogP contribution in [0.1, 0.15) is 39.4 Å². The van der Waals surface area contributed by atoms with E-state index in [1.807, 2.05) is 60.7 Å². The number of rotatable bonds is 9. The highest BCUT2D eigenvalue weighted by Gasteiger charge is 2.30. The summed E-state index contributed by atoms with van der Waals surface area (Å²) in [6, 6.07) is 32.4. The topological polar surface area (TPSA) is 82.6 Å². The number of nitrogens with zero attached hydrogens (tertiary/aromatic N) is 1. The van der Waals surface area contributed by atoms with E-state index < -0.39 is 5.97 Å². The van der Waals surface area contributed by atoms with Crippen LogP contribution in [-0.2, 0) is 22.5 Å². The van der Waals surface area contributed by atoms with Gasteiger partial charge in [-0.15, -0.1) is 0 Å². The molecule has 5 aromatic rings. The maximum Gasteiger partial charge on any atom is 0.410 e. The fourth-order valence-electron chi connectivity index (χ4n) is 5.95. The number of benzene rings is 4. The first-order valence-corrected chi connectivity index (χ1v) is 14.1. The lowest BCUT2D eigenvalue weighted by Gasteiger charge is -2.24. The summed E-state index contributed by atoms with van der Waals surface area (Å²) in [4.78, 5) is 29.8. The highest BCUT2D eigenvalue weighted by atomic mass is 16.6. The van der Waals surface area contributed by atoms with E-state index in [0.29, 0.717) is 19.5 Å². The number of carboxylic acids is 1. The summed E-state index contributed by atoms with van der Waals surface area (Å²) in [7, 11) is 0. The number of hydrogen-bond donors (Lipinski definition) is 2. The van der Waals surface area contributed by atoms with Crippen molar-refractivity contribution < 1.29 is 19.4 Å². The fourth-order valence-corrected chi connectivity index (χ4v) is 5.95. The van der Waals surface area contributed by atoms with Crippen LogP contribution in [0.25, 0.3) is 28.1 Å². The molecule has 1 amide bonds. The van der Waals surface area contributed by atoms with E-state index in [1.54, 1.807) is 11.0 Å². The van der Waals surface area contributed by atoms with Gasteiger partial charge in [0.2, 0.25) is 0 Å². The second kappa shape index (κ2) is 11.8. The van der Waals surface area contributed by atoms with E-state index >= 15 is 0 Å². The third-order valence-corrected chi connectivity index (χ3v) is 8.02. The van der Waals surface area contributed by atoms with Crippen LogP contribution in [-0.4, -0.2) is 40.2 Å². The van der Waals surface area contributed by atoms with E-state index in [-0.39, 0.29) is 18.6 Å². The van der Waals surface area contributed by atoms with Gasteiger partial charge in [-0.25, -0.2) is 9.59 Å². The van der Waals surface area contributed by atoms with Crippen molar-refractivity contribution in [1.82, 2.24) is 9.88 Å². The molecule has 4 aromatic carbocycles. The Kier molecular flexibility index (Phi) is 7.60. The molecule has 6 heteroatoms. The largest absolute Gasteiger partial charge is 0.478 e. The summed E-state index contributed by atoms with van der Waals surface area (Å²) in [5.74, 6) is -1.01. The van der Waals surface area contributed by atoms with Crippen molar-refractivity contribution in [1.29, 1.82) is 0 Å². The monoisotopic (exact) mass is 556 g/mol. The average Bonchev–Trinajstić information content (AvgIpc) is 3.51. The number of carbonyl (C=O) groups excluding carboxylic acids is 1. The predicted molar refractivity (Wildman–Crippen MR) is 165 cm³/mol. The maximum atomic E-state index is 13.7. The van der Waals surface area contributed by atoms with Gasteiger partial charge in [-0.1, -0.05) is 91.0 Å². The number of H-pyrrole nitrogens is 1. The average molecular weight is 557 g/mol. The molecule has 6 nitrogen and oxygen atoms in total. The Morgan fingerprint density at radius 2 is 1.52 bits per heavy atom. The van der Waals surface area contributed by atoms with Gasteiger partial charge in [0.05, 0.1) is 0 Å². The molecular formula is C36H32N2O4. The third-order valence-electron chi connectivity index (χ3n) is 8.02. The minimum Gasteiger partial charge on any atom is -0.478 e. The fraction of sp³-hybridized carbons (Fsp3) is 0.167. The number of aryl methyl sites for hydroxylation is 1. The lowest BCUT2D eigenvalue weighted by Crippen LogP contribution is -2.34. The van der Waals surface area contributed by atoms with Crippen molar-refractivity contribution in [3.05, 3.63) is 137 Å². The molecule has 0 fully saturated rings. The highest BCUT2D eigenvalue weighted by Crippen LogP contribution is 2.44. The summed E-state index contributed by atoms with van der Waals surface area (Å²) in [5, 5.41) is 10.1. The van der Waals surface area contributed by atoms with Crippen LogP contribution in [0.4, 0.5) is 4.79 Å². The number of carbonyl (C=O) groups is 2. The standard InChI is InChI=1S/C36H32N2O4/c1-24-27(32-12-6-7-13-34(32)37-24)20-21-38(22-26-16-14-25(15-17-26)18-19-35(39)40)36(41)42-23-33-30-10-4-2-8-28(30)29-9-3-5-11-31(29)33/h2-19,33,37H,20-23H2,1H3,(H,39,40)/b19-18+. The number of nitrogens with one attached hydrogen (secondary N) is 1. The van der Waals surface area contributed by atoms with Crippen molar-refractivity contribution in [2.45, 2.75) is 25.8 Å². The number of ether oxygens (including phenoxy) is 1. The zero-order valence-corrected chi connectivity index (χ0v) is 23.4. The molecule has 0 radical (unpaired) electrons. The Bertz CT molecular complexity index is 1740. The van der Waals surface area contributed by atoms with Crippen molar-refractivity contribution >= 4 is 29.0 Å². The zero-order valence-electron chi connectivity index (χ0n) is 23.4. The van der Waals surface area contributed by atoms with E-state index in [4.69, 9.17) is 9.84 Å². The van der Waals surface area contributed by atoms with E-state index in [2.05, 4.69) is 48.3 Å². The summed E-state index contributed by atoms with van der Waals surface area (Å²) in [6.45, 7) is 3.19. The number of carboxylic acid groups (broad SMARTS) is 1. The van der Waals surface area contributed by atoms with Crippen LogP contribution in [0, 0.1) is 6.92 Å². The second-order valence-electron chi connectivity index (χ2n) is 10.7. The first kappa shape index (κ1) is 27.1. The number of aromatic amines is 1. The van der Waals surface area contributed by atoms with Crippen LogP contribution >= 0.6 is 0 Å². The Labute approximate surface area is 244 Å². The first-order valence-electron chi connectivity index (χ1n) is 14.1. The van der Waals surface area contributed by atoms with Gasteiger partial charge in [-0.05, 0) is 64.4 Å². The molecule has 210 valence electrons. The van der Waals surface area contributed by atoms with Gasteiger partial charge in [0.1, 0.15) is 6.61 Å². The van der Waals surface area contributed by atoms with Gasteiger partial charge in [-0.2, -0.15) is 0 Å². The molecule has 0 aliphatic heterocycles. The van der Waals surface area contributed by atoms with E-state index in [1.165, 1.54) is 27.8 Å². The van der Waals surface area contributed by atoms with Gasteiger partial charge in [0, 0.05) is 41.7 Å². The Morgan fingerprint density at radius 1 is 0.881 bits per heavy atom. The summed E-state index contributed by atoms with van der Waals surface area (Å²) >= 11 is 0. The predicted octanol–water partition coefficient (Wildman–Crippen LogP) is 7.57. The molecule has 1 aromatic heterocycles. The zero-order chi connectivity index (χ0) is 29.1. The van der Waals surface area contributed by atoms with Crippen LogP contribution in [0.5, 0.6) is 0 Å². The van der Waals surface area contributed by atoms with Gasteiger partial charge in [-0.3, -0.25) is 0 Å². The SMILES string of the molecule is Cc1[nH]c2ccccc2c1CCN(Cc1ccc(/C=C/C(=O)O)cc1)C(=O)OCC1c2ccccc2-c2ccccc21. The quantitative estimate of drug-likeness (QED) is 0.184. The Balaban J connectivity index is 1.22. The van der Waals surface area contributed by atoms with Gasteiger partial charge in [0.15, 0.2) is 0 Å². The molecule has 0 saturated heterocycles. The van der Waals surface area contributed by atoms with Gasteiger partial charge in [0.25, 0.3) is 0 Å². The van der Waals surface area contributed by atoms with Crippen molar-refractivity contribution in [3.8, 4) is 11.1 Å². The molecule has 1 aliphatic carbocycles. The molecule has 0 unspecified atom stereocenters. The molecule has 0 spiro atoms. The number of amides is 1. The molecule has 0 saturated carbocycles. The van der Waals surface area contributed by atoms with Crippen molar-refractivity contribution in [2.24, 2.45) is 0 Å². The molecule has 6 rings (SSSR count). The normalized spacial score (nSPS) is 12.4. The number of aromatic nitrogens is 1. The van der Waals surface area contributed by atoms with Crippen molar-refractivity contribution in [2.75, 3.05) is 13.2 Å². The Morgan fingerprint density at radius 3 is 2.21 bits per heavy atom. The van der Waals surface area contributed by atoms with E-state index in [0.717, 1.165) is 33.8 Å². The highest BCUT2D eigenvalue weighted by molar-refractivity contribution is 5.85. The molecule has 0 bridgehead atoms.